The molecular weight excluding hydrogens is 433 g/mol. The van der Waals surface area contributed by atoms with Crippen LogP contribution in [0.3, 0.4) is 0 Å². The first-order valence-corrected chi connectivity index (χ1v) is 10.2. The molecular formula is C24H19F3N4O2. The van der Waals surface area contributed by atoms with Crippen LogP contribution in [0.1, 0.15) is 21.6 Å². The molecule has 168 valence electrons. The maximum atomic E-state index is 13.0. The summed E-state index contributed by atoms with van der Waals surface area (Å²) in [5.74, 6) is 5.45. The number of alkyl halides is 3. The van der Waals surface area contributed by atoms with Crippen molar-refractivity contribution in [3.05, 3.63) is 83.8 Å². The molecule has 1 aromatic carbocycles. The zero-order chi connectivity index (χ0) is 23.3. The molecule has 0 atom stereocenters. The van der Waals surface area contributed by atoms with Crippen molar-refractivity contribution in [2.75, 3.05) is 31.1 Å². The zero-order valence-corrected chi connectivity index (χ0v) is 17.4. The van der Waals surface area contributed by atoms with E-state index in [1.807, 2.05) is 18.2 Å². The summed E-state index contributed by atoms with van der Waals surface area (Å²) in [4.78, 5) is 25.1. The van der Waals surface area contributed by atoms with Crippen molar-refractivity contribution in [1.29, 1.82) is 0 Å². The molecule has 3 heterocycles. The quantitative estimate of drug-likeness (QED) is 0.567. The summed E-state index contributed by atoms with van der Waals surface area (Å²) in [7, 11) is 0. The van der Waals surface area contributed by atoms with Crippen LogP contribution in [-0.2, 0) is 0 Å². The van der Waals surface area contributed by atoms with Crippen LogP contribution in [0.15, 0.2) is 67.0 Å². The predicted molar refractivity (Wildman–Crippen MR) is 116 cm³/mol. The SMILES string of the molecule is O=C(c1ccc(OC(F)(F)F)c(C#Cc2ccccn2)c1)N1CCN(c2ccccn2)CC1. The van der Waals surface area contributed by atoms with Crippen LogP contribution in [0.4, 0.5) is 19.0 Å². The van der Waals surface area contributed by atoms with Crippen molar-refractivity contribution in [3.63, 3.8) is 0 Å². The van der Waals surface area contributed by atoms with Crippen molar-refractivity contribution in [2.24, 2.45) is 0 Å². The van der Waals surface area contributed by atoms with E-state index < -0.39 is 12.1 Å². The molecule has 4 rings (SSSR count). The largest absolute Gasteiger partial charge is 0.573 e. The first kappa shape index (κ1) is 22.1. The second-order valence-electron chi connectivity index (χ2n) is 7.19. The molecule has 0 aliphatic carbocycles. The standard InChI is InChI=1S/C24H19F3N4O2/c25-24(26,27)33-21-10-8-19(17-18(21)7-9-20-5-1-3-11-28-20)23(32)31-15-13-30(14-16-31)22-6-2-4-12-29-22/h1-6,8,10-12,17H,13-16H2. The molecule has 0 spiro atoms. The number of carbonyl (C=O) groups is 1. The molecule has 6 nitrogen and oxygen atoms in total. The number of ether oxygens (including phenoxy) is 1. The average Bonchev–Trinajstić information content (AvgIpc) is 2.83. The summed E-state index contributed by atoms with van der Waals surface area (Å²) in [5.41, 5.74) is 0.579. The summed E-state index contributed by atoms with van der Waals surface area (Å²) in [5, 5.41) is 0. The number of piperazine rings is 1. The van der Waals surface area contributed by atoms with E-state index in [2.05, 4.69) is 31.4 Å². The van der Waals surface area contributed by atoms with Crippen molar-refractivity contribution in [3.8, 4) is 17.6 Å². The fraction of sp³-hybridized carbons (Fsp3) is 0.208. The summed E-state index contributed by atoms with van der Waals surface area (Å²) in [6, 6.07) is 14.5. The second kappa shape index (κ2) is 9.61. The lowest BCUT2D eigenvalue weighted by Gasteiger charge is -2.35. The van der Waals surface area contributed by atoms with Crippen LogP contribution in [0, 0.1) is 11.8 Å². The number of pyridine rings is 2. The highest BCUT2D eigenvalue weighted by atomic mass is 19.4. The maximum absolute atomic E-state index is 13.0. The summed E-state index contributed by atoms with van der Waals surface area (Å²) in [6.45, 7) is 2.13. The number of hydrogen-bond donors (Lipinski definition) is 0. The smallest absolute Gasteiger partial charge is 0.404 e. The Hall–Kier alpha value is -4.06. The van der Waals surface area contributed by atoms with Crippen molar-refractivity contribution in [1.82, 2.24) is 14.9 Å². The van der Waals surface area contributed by atoms with E-state index in [4.69, 9.17) is 0 Å². The molecule has 0 bridgehead atoms. The van der Waals surface area contributed by atoms with E-state index in [1.54, 1.807) is 29.3 Å². The summed E-state index contributed by atoms with van der Waals surface area (Å²) < 4.78 is 42.6. The van der Waals surface area contributed by atoms with Gasteiger partial charge in [-0.15, -0.1) is 13.2 Å². The first-order chi connectivity index (χ1) is 15.9. The number of nitrogens with zero attached hydrogens (tertiary/aromatic N) is 4. The van der Waals surface area contributed by atoms with Gasteiger partial charge < -0.3 is 14.5 Å². The van der Waals surface area contributed by atoms with Gasteiger partial charge >= 0.3 is 6.36 Å². The minimum Gasteiger partial charge on any atom is -0.404 e. The van der Waals surface area contributed by atoms with Gasteiger partial charge in [-0.05, 0) is 48.4 Å². The number of rotatable bonds is 3. The molecule has 1 aliphatic heterocycles. The molecule has 33 heavy (non-hydrogen) atoms. The van der Waals surface area contributed by atoms with Gasteiger partial charge in [0.05, 0.1) is 5.56 Å². The topological polar surface area (TPSA) is 58.6 Å². The van der Waals surface area contributed by atoms with Gasteiger partial charge in [0.15, 0.2) is 0 Å². The molecule has 0 saturated carbocycles. The molecule has 1 fully saturated rings. The number of carbonyl (C=O) groups excluding carboxylic acids is 1. The van der Waals surface area contributed by atoms with E-state index >= 15 is 0 Å². The highest BCUT2D eigenvalue weighted by molar-refractivity contribution is 5.95. The number of amides is 1. The molecule has 1 saturated heterocycles. The minimum atomic E-state index is -4.88. The van der Waals surface area contributed by atoms with Crippen molar-refractivity contribution >= 4 is 11.7 Å². The van der Waals surface area contributed by atoms with Crippen molar-refractivity contribution < 1.29 is 22.7 Å². The Bertz CT molecular complexity index is 1170. The number of hydrogen-bond acceptors (Lipinski definition) is 5. The fourth-order valence-electron chi connectivity index (χ4n) is 3.40. The van der Waals surface area contributed by atoms with Crippen LogP contribution < -0.4 is 9.64 Å². The highest BCUT2D eigenvalue weighted by Gasteiger charge is 2.32. The van der Waals surface area contributed by atoms with Crippen LogP contribution in [0.25, 0.3) is 0 Å². The lowest BCUT2D eigenvalue weighted by molar-refractivity contribution is -0.274. The number of anilines is 1. The van der Waals surface area contributed by atoms with Gasteiger partial charge in [-0.2, -0.15) is 0 Å². The first-order valence-electron chi connectivity index (χ1n) is 10.2. The third-order valence-electron chi connectivity index (χ3n) is 4.98. The van der Waals surface area contributed by atoms with Gasteiger partial charge in [-0.1, -0.05) is 18.1 Å². The van der Waals surface area contributed by atoms with Crippen LogP contribution in [-0.4, -0.2) is 53.3 Å². The Morgan fingerprint density at radius 3 is 2.27 bits per heavy atom. The van der Waals surface area contributed by atoms with Gasteiger partial charge in [0, 0.05) is 44.1 Å². The molecule has 0 unspecified atom stereocenters. The number of aromatic nitrogens is 2. The Balaban J connectivity index is 1.54. The highest BCUT2D eigenvalue weighted by Crippen LogP contribution is 2.27. The van der Waals surface area contributed by atoms with Crippen LogP contribution >= 0.6 is 0 Å². The third kappa shape index (κ3) is 5.80. The van der Waals surface area contributed by atoms with Gasteiger partial charge in [0.1, 0.15) is 17.3 Å². The van der Waals surface area contributed by atoms with E-state index in [9.17, 15) is 18.0 Å². The molecule has 1 amide bonds. The Morgan fingerprint density at radius 2 is 1.64 bits per heavy atom. The summed E-state index contributed by atoms with van der Waals surface area (Å²) in [6.07, 6.45) is -1.64. The third-order valence-corrected chi connectivity index (χ3v) is 4.98. The fourth-order valence-corrected chi connectivity index (χ4v) is 3.40. The van der Waals surface area contributed by atoms with Gasteiger partial charge in [0.25, 0.3) is 5.91 Å². The molecule has 3 aromatic rings. The molecule has 2 aromatic heterocycles. The number of benzene rings is 1. The predicted octanol–water partition coefficient (Wildman–Crippen LogP) is 3.74. The zero-order valence-electron chi connectivity index (χ0n) is 17.4. The molecule has 0 N–H and O–H groups in total. The number of halogens is 3. The normalized spacial score (nSPS) is 13.8. The van der Waals surface area contributed by atoms with E-state index in [0.717, 1.165) is 11.9 Å². The van der Waals surface area contributed by atoms with E-state index in [1.165, 1.54) is 18.3 Å². The molecule has 1 aliphatic rings. The minimum absolute atomic E-state index is 0.0454. The van der Waals surface area contributed by atoms with Gasteiger partial charge in [0.2, 0.25) is 0 Å². The van der Waals surface area contributed by atoms with Gasteiger partial charge in [-0.25, -0.2) is 9.97 Å². The van der Waals surface area contributed by atoms with E-state index in [0.29, 0.717) is 31.9 Å². The van der Waals surface area contributed by atoms with E-state index in [-0.39, 0.29) is 17.0 Å². The second-order valence-corrected chi connectivity index (χ2v) is 7.19. The lowest BCUT2D eigenvalue weighted by atomic mass is 10.1. The molecule has 9 heteroatoms. The monoisotopic (exact) mass is 452 g/mol. The maximum Gasteiger partial charge on any atom is 0.573 e. The average molecular weight is 452 g/mol. The Morgan fingerprint density at radius 1 is 0.909 bits per heavy atom. The van der Waals surface area contributed by atoms with Crippen molar-refractivity contribution in [2.45, 2.75) is 6.36 Å². The Labute approximate surface area is 188 Å². The van der Waals surface area contributed by atoms with Crippen LogP contribution in [0.5, 0.6) is 5.75 Å². The Kier molecular flexibility index (Phi) is 6.45. The molecule has 0 radical (unpaired) electrons. The van der Waals surface area contributed by atoms with Crippen LogP contribution in [0.2, 0.25) is 0 Å². The lowest BCUT2D eigenvalue weighted by Crippen LogP contribution is -2.49. The van der Waals surface area contributed by atoms with Gasteiger partial charge in [-0.3, -0.25) is 4.79 Å². The summed E-state index contributed by atoms with van der Waals surface area (Å²) >= 11 is 0.